The van der Waals surface area contributed by atoms with Gasteiger partial charge in [0.25, 0.3) is 0 Å². The third kappa shape index (κ3) is 4.12. The van der Waals surface area contributed by atoms with Crippen LogP contribution in [0.1, 0.15) is 15.9 Å². The van der Waals surface area contributed by atoms with E-state index >= 15 is 0 Å². The predicted octanol–water partition coefficient (Wildman–Crippen LogP) is 4.79. The van der Waals surface area contributed by atoms with E-state index in [1.807, 2.05) is 30.3 Å². The summed E-state index contributed by atoms with van der Waals surface area (Å²) in [6.45, 7) is 0.212. The highest BCUT2D eigenvalue weighted by atomic mass is 16.5. The quantitative estimate of drug-likeness (QED) is 0.218. The highest BCUT2D eigenvalue weighted by Gasteiger charge is 2.15. The number of rotatable bonds is 5. The van der Waals surface area contributed by atoms with Crippen LogP contribution in [0.25, 0.3) is 10.8 Å². The Balaban J connectivity index is 1.51. The van der Waals surface area contributed by atoms with Gasteiger partial charge in [0.2, 0.25) is 0 Å². The molecule has 0 aliphatic carbocycles. The molecule has 6 nitrogen and oxygen atoms in total. The summed E-state index contributed by atoms with van der Waals surface area (Å²) in [7, 11) is 0. The summed E-state index contributed by atoms with van der Waals surface area (Å²) < 4.78 is 5.44. The molecule has 4 aromatic carbocycles. The van der Waals surface area contributed by atoms with Crippen molar-refractivity contribution in [2.45, 2.75) is 6.54 Å². The van der Waals surface area contributed by atoms with Crippen LogP contribution >= 0.6 is 0 Å². The fourth-order valence-corrected chi connectivity index (χ4v) is 3.11. The molecule has 0 saturated carbocycles. The van der Waals surface area contributed by atoms with E-state index in [9.17, 15) is 20.1 Å². The van der Waals surface area contributed by atoms with Gasteiger partial charge in [-0.3, -0.25) is 0 Å². The van der Waals surface area contributed by atoms with Gasteiger partial charge in [-0.2, -0.15) is 0 Å². The van der Waals surface area contributed by atoms with Gasteiger partial charge < -0.3 is 25.4 Å². The first kappa shape index (κ1) is 19.1. The first-order valence-electron chi connectivity index (χ1n) is 9.28. The molecule has 0 amide bonds. The predicted molar refractivity (Wildman–Crippen MR) is 114 cm³/mol. The maximum absolute atomic E-state index is 12.6. The van der Waals surface area contributed by atoms with E-state index in [1.165, 1.54) is 30.3 Å². The number of aromatic hydroxyl groups is 3. The third-order valence-corrected chi connectivity index (χ3v) is 4.69. The summed E-state index contributed by atoms with van der Waals surface area (Å²) in [5.74, 6) is -0.440. The van der Waals surface area contributed by atoms with Gasteiger partial charge in [-0.1, -0.05) is 30.3 Å². The smallest absolute Gasteiger partial charge is 0.347 e. The Labute approximate surface area is 172 Å². The lowest BCUT2D eigenvalue weighted by Crippen LogP contribution is -2.10. The molecule has 0 spiro atoms. The van der Waals surface area contributed by atoms with Crippen molar-refractivity contribution in [2.75, 3.05) is 5.32 Å². The van der Waals surface area contributed by atoms with E-state index in [2.05, 4.69) is 5.32 Å². The lowest BCUT2D eigenvalue weighted by atomic mass is 10.1. The number of carbonyl (C=O) groups excluding carboxylic acids is 1. The summed E-state index contributed by atoms with van der Waals surface area (Å²) in [5, 5.41) is 34.6. The standard InChI is InChI=1S/C24H19NO5/c26-19-7-10-22(27)17(11-19)14-25-18-6-9-23(28)21(13-18)24(29)30-20-8-5-15-3-1-2-4-16(15)12-20/h1-13,25-28H,14H2. The molecular weight excluding hydrogens is 382 g/mol. The van der Waals surface area contributed by atoms with Crippen molar-refractivity contribution in [3.63, 3.8) is 0 Å². The summed E-state index contributed by atoms with van der Waals surface area (Å²) in [4.78, 5) is 12.6. The van der Waals surface area contributed by atoms with Crippen LogP contribution < -0.4 is 10.1 Å². The van der Waals surface area contributed by atoms with Crippen LogP contribution in [0.3, 0.4) is 0 Å². The molecule has 0 bridgehead atoms. The molecule has 150 valence electrons. The monoisotopic (exact) mass is 401 g/mol. The van der Waals surface area contributed by atoms with Gasteiger partial charge in [-0.05, 0) is 59.3 Å². The van der Waals surface area contributed by atoms with E-state index in [0.717, 1.165) is 10.8 Å². The van der Waals surface area contributed by atoms with Crippen LogP contribution in [0, 0.1) is 0 Å². The first-order valence-corrected chi connectivity index (χ1v) is 9.28. The highest BCUT2D eigenvalue weighted by molar-refractivity contribution is 5.95. The first-order chi connectivity index (χ1) is 14.5. The number of ether oxygens (including phenoxy) is 1. The lowest BCUT2D eigenvalue weighted by molar-refractivity contribution is 0.0732. The SMILES string of the molecule is O=C(Oc1ccc2ccccc2c1)c1cc(NCc2cc(O)ccc2O)ccc1O. The van der Waals surface area contributed by atoms with Gasteiger partial charge >= 0.3 is 5.97 Å². The zero-order chi connectivity index (χ0) is 21.1. The number of phenolic OH excluding ortho intramolecular Hbond substituents is 3. The van der Waals surface area contributed by atoms with Gasteiger partial charge in [-0.25, -0.2) is 4.79 Å². The van der Waals surface area contributed by atoms with Crippen molar-refractivity contribution >= 4 is 22.4 Å². The minimum Gasteiger partial charge on any atom is -0.508 e. The van der Waals surface area contributed by atoms with Crippen molar-refractivity contribution in [3.8, 4) is 23.0 Å². The number of fused-ring (bicyclic) bond motifs is 1. The van der Waals surface area contributed by atoms with Gasteiger partial charge in [0.15, 0.2) is 0 Å². The van der Waals surface area contributed by atoms with Crippen LogP contribution in [0.2, 0.25) is 0 Å². The molecule has 6 heteroatoms. The number of anilines is 1. The van der Waals surface area contributed by atoms with Gasteiger partial charge in [0.1, 0.15) is 28.6 Å². The highest BCUT2D eigenvalue weighted by Crippen LogP contribution is 2.27. The van der Waals surface area contributed by atoms with E-state index in [4.69, 9.17) is 4.74 Å². The van der Waals surface area contributed by atoms with Crippen molar-refractivity contribution in [3.05, 3.63) is 90.0 Å². The molecule has 0 unspecified atom stereocenters. The second-order valence-corrected chi connectivity index (χ2v) is 6.80. The van der Waals surface area contributed by atoms with Crippen LogP contribution in [-0.2, 0) is 6.54 Å². The molecule has 0 saturated heterocycles. The van der Waals surface area contributed by atoms with E-state index in [0.29, 0.717) is 17.0 Å². The van der Waals surface area contributed by atoms with Crippen LogP contribution in [0.15, 0.2) is 78.9 Å². The molecular formula is C24H19NO5. The molecule has 0 radical (unpaired) electrons. The van der Waals surface area contributed by atoms with Gasteiger partial charge in [-0.15, -0.1) is 0 Å². The number of nitrogens with one attached hydrogen (secondary N) is 1. The molecule has 0 heterocycles. The van der Waals surface area contributed by atoms with Crippen molar-refractivity contribution < 1.29 is 24.9 Å². The number of carbonyl (C=O) groups is 1. The Morgan fingerprint density at radius 2 is 1.57 bits per heavy atom. The topological polar surface area (TPSA) is 99.0 Å². The second-order valence-electron chi connectivity index (χ2n) is 6.80. The fourth-order valence-electron chi connectivity index (χ4n) is 3.11. The van der Waals surface area contributed by atoms with Crippen molar-refractivity contribution in [2.24, 2.45) is 0 Å². The number of esters is 1. The Bertz CT molecular complexity index is 1240. The van der Waals surface area contributed by atoms with E-state index < -0.39 is 5.97 Å². The molecule has 4 aromatic rings. The zero-order valence-corrected chi connectivity index (χ0v) is 15.9. The summed E-state index contributed by atoms with van der Waals surface area (Å²) in [6.07, 6.45) is 0. The number of benzene rings is 4. The Kier molecular flexibility index (Phi) is 5.13. The van der Waals surface area contributed by atoms with Crippen molar-refractivity contribution in [1.82, 2.24) is 0 Å². The Hall–Kier alpha value is -4.19. The molecule has 4 rings (SSSR count). The average Bonchev–Trinajstić information content (AvgIpc) is 2.75. The minimum absolute atomic E-state index is 0.00768. The van der Waals surface area contributed by atoms with Gasteiger partial charge in [0.05, 0.1) is 0 Å². The number of hydrogen-bond donors (Lipinski definition) is 4. The molecule has 0 fully saturated rings. The maximum atomic E-state index is 12.6. The van der Waals surface area contributed by atoms with Gasteiger partial charge in [0, 0.05) is 17.8 Å². The maximum Gasteiger partial charge on any atom is 0.347 e. The van der Waals surface area contributed by atoms with Crippen molar-refractivity contribution in [1.29, 1.82) is 0 Å². The molecule has 0 aromatic heterocycles. The summed E-state index contributed by atoms with van der Waals surface area (Å²) in [5.41, 5.74) is 1.04. The Morgan fingerprint density at radius 3 is 2.40 bits per heavy atom. The van der Waals surface area contributed by atoms with Crippen LogP contribution in [0.4, 0.5) is 5.69 Å². The Morgan fingerprint density at radius 1 is 0.800 bits per heavy atom. The third-order valence-electron chi connectivity index (χ3n) is 4.69. The number of phenols is 3. The lowest BCUT2D eigenvalue weighted by Gasteiger charge is -2.11. The molecule has 30 heavy (non-hydrogen) atoms. The summed E-state index contributed by atoms with van der Waals surface area (Å²) >= 11 is 0. The largest absolute Gasteiger partial charge is 0.508 e. The fraction of sp³-hybridized carbons (Fsp3) is 0.0417. The second kappa shape index (κ2) is 8.05. The normalized spacial score (nSPS) is 10.7. The van der Waals surface area contributed by atoms with E-state index in [1.54, 1.807) is 18.2 Å². The minimum atomic E-state index is -0.688. The zero-order valence-electron chi connectivity index (χ0n) is 15.9. The molecule has 4 N–H and O–H groups in total. The molecule has 0 aliphatic rings. The summed E-state index contributed by atoms with van der Waals surface area (Å²) in [6, 6.07) is 21.7. The molecule has 0 atom stereocenters. The average molecular weight is 401 g/mol. The van der Waals surface area contributed by atoms with E-state index in [-0.39, 0.29) is 29.4 Å². The van der Waals surface area contributed by atoms with Crippen LogP contribution in [-0.4, -0.2) is 21.3 Å². The van der Waals surface area contributed by atoms with Crippen LogP contribution in [0.5, 0.6) is 23.0 Å². The molecule has 0 aliphatic heterocycles. The number of hydrogen-bond acceptors (Lipinski definition) is 6.